The van der Waals surface area contributed by atoms with Gasteiger partial charge in [-0.1, -0.05) is 6.07 Å². The third-order valence-electron chi connectivity index (χ3n) is 4.19. The van der Waals surface area contributed by atoms with Crippen molar-refractivity contribution in [2.75, 3.05) is 7.11 Å². The summed E-state index contributed by atoms with van der Waals surface area (Å²) in [5.41, 5.74) is 0.908. The lowest BCUT2D eigenvalue weighted by molar-refractivity contribution is -0.274. The van der Waals surface area contributed by atoms with Crippen LogP contribution in [0.2, 0.25) is 0 Å². The van der Waals surface area contributed by atoms with Crippen LogP contribution in [0.5, 0.6) is 11.5 Å². The molecule has 0 fully saturated rings. The average molecular weight is 427 g/mol. The Bertz CT molecular complexity index is 1150. The molecule has 0 spiro atoms. The summed E-state index contributed by atoms with van der Waals surface area (Å²) >= 11 is 0. The summed E-state index contributed by atoms with van der Waals surface area (Å²) in [6.07, 6.45) is -2.38. The first kappa shape index (κ1) is 20.7. The molecule has 0 unspecified atom stereocenters. The van der Waals surface area contributed by atoms with Crippen LogP contribution in [0, 0.1) is 0 Å². The summed E-state index contributed by atoms with van der Waals surface area (Å²) in [7, 11) is -2.76. The van der Waals surface area contributed by atoms with E-state index in [2.05, 4.69) is 4.74 Å². The number of methoxy groups -OCH3 is 1. The number of fused-ring (bicyclic) bond motifs is 1. The van der Waals surface area contributed by atoms with E-state index in [0.29, 0.717) is 28.6 Å². The number of rotatable bonds is 7. The molecule has 29 heavy (non-hydrogen) atoms. The van der Waals surface area contributed by atoms with Crippen molar-refractivity contribution in [3.63, 3.8) is 0 Å². The number of hydrogen-bond donors (Lipinski definition) is 0. The van der Waals surface area contributed by atoms with Gasteiger partial charge in [0.05, 0.1) is 17.5 Å². The minimum absolute atomic E-state index is 0.186. The van der Waals surface area contributed by atoms with E-state index < -0.39 is 22.1 Å². The minimum Gasteiger partial charge on any atom is -0.497 e. The van der Waals surface area contributed by atoms with E-state index in [4.69, 9.17) is 4.74 Å². The molecule has 0 amide bonds. The molecule has 3 aromatic rings. The third kappa shape index (κ3) is 4.37. The lowest BCUT2D eigenvalue weighted by Gasteiger charge is -2.11. The Morgan fingerprint density at radius 2 is 1.86 bits per heavy atom. The average Bonchev–Trinajstić information content (AvgIpc) is 3.03. The molecule has 10 heteroatoms. The van der Waals surface area contributed by atoms with E-state index in [1.165, 1.54) is 25.4 Å². The van der Waals surface area contributed by atoms with Crippen molar-refractivity contribution in [2.45, 2.75) is 24.1 Å². The number of aryl methyl sites for hydroxylation is 1. The molecule has 0 aliphatic heterocycles. The Morgan fingerprint density at radius 3 is 2.52 bits per heavy atom. The minimum atomic E-state index is -4.94. The predicted molar refractivity (Wildman–Crippen MR) is 98.6 cm³/mol. The number of benzene rings is 2. The van der Waals surface area contributed by atoms with Crippen molar-refractivity contribution in [3.05, 3.63) is 54.2 Å². The second-order valence-electron chi connectivity index (χ2n) is 6.07. The van der Waals surface area contributed by atoms with Crippen molar-refractivity contribution in [1.82, 2.24) is 3.97 Å². The quantitative estimate of drug-likeness (QED) is 0.535. The first-order valence-electron chi connectivity index (χ1n) is 8.38. The van der Waals surface area contributed by atoms with Crippen molar-refractivity contribution in [2.24, 2.45) is 0 Å². The summed E-state index contributed by atoms with van der Waals surface area (Å²) in [4.78, 5) is 10.4. The van der Waals surface area contributed by atoms with E-state index in [9.17, 15) is 26.4 Å². The number of hydrogen-bond acceptors (Lipinski definition) is 5. The summed E-state index contributed by atoms with van der Waals surface area (Å²) in [6.45, 7) is 0. The molecule has 0 aliphatic rings. The van der Waals surface area contributed by atoms with Gasteiger partial charge in [0.25, 0.3) is 10.0 Å². The van der Waals surface area contributed by atoms with Crippen LogP contribution < -0.4 is 9.47 Å². The van der Waals surface area contributed by atoms with Crippen molar-refractivity contribution < 1.29 is 35.9 Å². The molecule has 0 saturated carbocycles. The fourth-order valence-corrected chi connectivity index (χ4v) is 4.36. The molecule has 1 aromatic heterocycles. The van der Waals surface area contributed by atoms with Gasteiger partial charge in [-0.05, 0) is 42.3 Å². The molecular formula is C19H16F3NO5S. The van der Waals surface area contributed by atoms with Crippen LogP contribution >= 0.6 is 0 Å². The first-order chi connectivity index (χ1) is 13.7. The Hall–Kier alpha value is -3.01. The Morgan fingerprint density at radius 1 is 1.10 bits per heavy atom. The van der Waals surface area contributed by atoms with Crippen LogP contribution in [-0.2, 0) is 21.2 Å². The van der Waals surface area contributed by atoms with Crippen LogP contribution in [-0.4, -0.2) is 32.1 Å². The van der Waals surface area contributed by atoms with Crippen molar-refractivity contribution in [1.29, 1.82) is 0 Å². The maximum atomic E-state index is 13.1. The highest BCUT2D eigenvalue weighted by atomic mass is 32.2. The molecule has 0 N–H and O–H groups in total. The van der Waals surface area contributed by atoms with Crippen molar-refractivity contribution in [3.8, 4) is 11.5 Å². The molecule has 0 atom stereocenters. The van der Waals surface area contributed by atoms with Gasteiger partial charge in [0, 0.05) is 24.1 Å². The zero-order valence-electron chi connectivity index (χ0n) is 15.1. The molecule has 0 saturated heterocycles. The SMILES string of the molecule is COc1ccc2c(c1)c(CCC=O)cn2S(=O)(=O)c1cccc(OC(F)(F)F)c1. The first-order valence-corrected chi connectivity index (χ1v) is 9.83. The monoisotopic (exact) mass is 427 g/mol. The molecule has 154 valence electrons. The van der Waals surface area contributed by atoms with Gasteiger partial charge in [-0.25, -0.2) is 12.4 Å². The van der Waals surface area contributed by atoms with Gasteiger partial charge < -0.3 is 14.3 Å². The van der Waals surface area contributed by atoms with E-state index in [0.717, 1.165) is 28.5 Å². The highest BCUT2D eigenvalue weighted by Crippen LogP contribution is 2.31. The molecule has 1 heterocycles. The normalized spacial score (nSPS) is 12.1. The number of carbonyl (C=O) groups excluding carboxylic acids is 1. The lowest BCUT2D eigenvalue weighted by Crippen LogP contribution is -2.18. The van der Waals surface area contributed by atoms with Crippen LogP contribution in [0.1, 0.15) is 12.0 Å². The van der Waals surface area contributed by atoms with Gasteiger partial charge in [-0.3, -0.25) is 0 Å². The molecule has 0 bridgehead atoms. The van der Waals surface area contributed by atoms with E-state index in [1.54, 1.807) is 12.1 Å². The predicted octanol–water partition coefficient (Wildman–Crippen LogP) is 3.92. The van der Waals surface area contributed by atoms with Crippen LogP contribution in [0.3, 0.4) is 0 Å². The van der Waals surface area contributed by atoms with Crippen molar-refractivity contribution >= 4 is 27.2 Å². The zero-order chi connectivity index (χ0) is 21.2. The number of alkyl halides is 3. The maximum Gasteiger partial charge on any atom is 0.573 e. The Labute approximate surface area is 164 Å². The summed E-state index contributed by atoms with van der Waals surface area (Å²) in [5, 5.41) is 0.567. The van der Waals surface area contributed by atoms with Crippen LogP contribution in [0.25, 0.3) is 10.9 Å². The van der Waals surface area contributed by atoms with E-state index in [-0.39, 0.29) is 11.3 Å². The smallest absolute Gasteiger partial charge is 0.497 e. The lowest BCUT2D eigenvalue weighted by atomic mass is 10.1. The van der Waals surface area contributed by atoms with Gasteiger partial charge in [-0.2, -0.15) is 0 Å². The highest BCUT2D eigenvalue weighted by Gasteiger charge is 2.32. The number of nitrogens with zero attached hydrogens (tertiary/aromatic N) is 1. The fraction of sp³-hybridized carbons (Fsp3) is 0.211. The Kier molecular flexibility index (Phi) is 5.56. The molecule has 3 rings (SSSR count). The van der Waals surface area contributed by atoms with Gasteiger partial charge in [0.1, 0.15) is 17.8 Å². The summed E-state index contributed by atoms with van der Waals surface area (Å²) in [6, 6.07) is 8.91. The molecule has 2 aromatic carbocycles. The largest absolute Gasteiger partial charge is 0.573 e. The number of aromatic nitrogens is 1. The second-order valence-corrected chi connectivity index (χ2v) is 7.88. The van der Waals surface area contributed by atoms with Crippen LogP contribution in [0.15, 0.2) is 53.6 Å². The molecule has 6 nitrogen and oxygen atoms in total. The highest BCUT2D eigenvalue weighted by molar-refractivity contribution is 7.90. The van der Waals surface area contributed by atoms with Gasteiger partial charge in [0.2, 0.25) is 0 Å². The van der Waals surface area contributed by atoms with E-state index >= 15 is 0 Å². The number of ether oxygens (including phenoxy) is 2. The zero-order valence-corrected chi connectivity index (χ0v) is 16.0. The van der Waals surface area contributed by atoms with E-state index in [1.807, 2.05) is 0 Å². The van der Waals surface area contributed by atoms with Crippen LogP contribution in [0.4, 0.5) is 13.2 Å². The summed E-state index contributed by atoms with van der Waals surface area (Å²) in [5.74, 6) is -0.140. The molecular weight excluding hydrogens is 411 g/mol. The fourth-order valence-electron chi connectivity index (χ4n) is 2.93. The number of aldehydes is 1. The standard InChI is InChI=1S/C19H16F3NO5S/c1-27-14-7-8-18-17(11-14)13(4-3-9-24)12-23(18)29(25,26)16-6-2-5-15(10-16)28-19(20,21)22/h2,5-12H,3-4H2,1H3. The Balaban J connectivity index is 2.14. The molecule has 0 aliphatic carbocycles. The van der Waals surface area contributed by atoms with Gasteiger partial charge in [0.15, 0.2) is 0 Å². The topological polar surface area (TPSA) is 74.6 Å². The number of halogens is 3. The maximum absolute atomic E-state index is 13.1. The third-order valence-corrected chi connectivity index (χ3v) is 5.86. The van der Waals surface area contributed by atoms with Gasteiger partial charge in [-0.15, -0.1) is 13.2 Å². The second kappa shape index (κ2) is 7.78. The molecule has 0 radical (unpaired) electrons. The summed E-state index contributed by atoms with van der Waals surface area (Å²) < 4.78 is 73.7. The van der Waals surface area contributed by atoms with Gasteiger partial charge >= 0.3 is 6.36 Å². The number of carbonyl (C=O) groups is 1.